The summed E-state index contributed by atoms with van der Waals surface area (Å²) in [5.41, 5.74) is 2.52. The summed E-state index contributed by atoms with van der Waals surface area (Å²) in [5.74, 6) is -0.386. The molecule has 0 atom stereocenters. The van der Waals surface area contributed by atoms with Gasteiger partial charge in [-0.1, -0.05) is 11.2 Å². The third-order valence-corrected chi connectivity index (χ3v) is 2.81. The smallest absolute Gasteiger partial charge is 0.337 e. The number of benzene rings is 1. The van der Waals surface area contributed by atoms with Gasteiger partial charge in [0.25, 0.3) is 0 Å². The van der Waals surface area contributed by atoms with Crippen LogP contribution in [0.2, 0.25) is 0 Å². The maximum Gasteiger partial charge on any atom is 0.337 e. The second-order valence-electron chi connectivity index (χ2n) is 3.99. The van der Waals surface area contributed by atoms with Crippen LogP contribution < -0.4 is 0 Å². The van der Waals surface area contributed by atoms with E-state index < -0.39 is 0 Å². The quantitative estimate of drug-likeness (QED) is 0.398. The van der Waals surface area contributed by atoms with Crippen molar-refractivity contribution in [2.75, 3.05) is 7.11 Å². The van der Waals surface area contributed by atoms with Gasteiger partial charge in [0.2, 0.25) is 0 Å². The van der Waals surface area contributed by atoms with Crippen molar-refractivity contribution in [1.82, 2.24) is 4.57 Å². The van der Waals surface area contributed by atoms with Crippen molar-refractivity contribution in [2.45, 2.75) is 6.92 Å². The molecule has 0 spiro atoms. The molecule has 1 N–H and O–H groups in total. The van der Waals surface area contributed by atoms with Gasteiger partial charge in [-0.2, -0.15) is 0 Å². The molecule has 0 saturated carbocycles. The monoisotopic (exact) mass is 258 g/mol. The van der Waals surface area contributed by atoms with Crippen molar-refractivity contribution >= 4 is 11.7 Å². The largest absolute Gasteiger partial charge is 0.465 e. The molecule has 0 fully saturated rings. The minimum Gasteiger partial charge on any atom is -0.465 e. The maximum absolute atomic E-state index is 11.5. The van der Waals surface area contributed by atoms with E-state index in [2.05, 4.69) is 5.16 Å². The molecule has 0 bridgehead atoms. The van der Waals surface area contributed by atoms with Crippen LogP contribution in [0, 0.1) is 0 Å². The Morgan fingerprint density at radius 3 is 2.79 bits per heavy atom. The summed E-state index contributed by atoms with van der Waals surface area (Å²) < 4.78 is 6.53. The molecule has 2 rings (SSSR count). The predicted octanol–water partition coefficient (Wildman–Crippen LogP) is 2.46. The first-order valence-corrected chi connectivity index (χ1v) is 5.72. The molecule has 1 heterocycles. The van der Waals surface area contributed by atoms with Gasteiger partial charge in [0, 0.05) is 11.9 Å². The highest BCUT2D eigenvalue weighted by atomic mass is 16.5. The summed E-state index contributed by atoms with van der Waals surface area (Å²) in [4.78, 5) is 11.5. The van der Waals surface area contributed by atoms with Crippen LogP contribution in [-0.2, 0) is 4.74 Å². The minimum atomic E-state index is -0.386. The number of nitrogens with zero attached hydrogens (tertiary/aromatic N) is 2. The summed E-state index contributed by atoms with van der Waals surface area (Å²) in [5, 5.41) is 12.1. The number of aromatic nitrogens is 1. The van der Waals surface area contributed by atoms with Crippen molar-refractivity contribution < 1.29 is 14.7 Å². The van der Waals surface area contributed by atoms with Crippen LogP contribution in [0.3, 0.4) is 0 Å². The second-order valence-corrected chi connectivity index (χ2v) is 3.99. The highest BCUT2D eigenvalue weighted by Crippen LogP contribution is 2.16. The Morgan fingerprint density at radius 1 is 1.32 bits per heavy atom. The first-order valence-electron chi connectivity index (χ1n) is 5.72. The fraction of sp³-hybridized carbons (Fsp3) is 0.143. The van der Waals surface area contributed by atoms with Crippen molar-refractivity contribution in [3.63, 3.8) is 0 Å². The number of methoxy groups -OCH3 is 1. The van der Waals surface area contributed by atoms with E-state index in [0.29, 0.717) is 11.3 Å². The van der Waals surface area contributed by atoms with E-state index in [4.69, 9.17) is 9.94 Å². The van der Waals surface area contributed by atoms with Gasteiger partial charge in [-0.3, -0.25) is 0 Å². The van der Waals surface area contributed by atoms with E-state index >= 15 is 0 Å². The average molecular weight is 258 g/mol. The molecule has 5 nitrogen and oxygen atoms in total. The van der Waals surface area contributed by atoms with Crippen LogP contribution in [0.15, 0.2) is 47.8 Å². The van der Waals surface area contributed by atoms with E-state index in [-0.39, 0.29) is 5.97 Å². The van der Waals surface area contributed by atoms with Crippen molar-refractivity contribution in [1.29, 1.82) is 0 Å². The molecule has 0 aliphatic carbocycles. The van der Waals surface area contributed by atoms with Crippen LogP contribution in [0.25, 0.3) is 5.69 Å². The van der Waals surface area contributed by atoms with Crippen LogP contribution in [0.5, 0.6) is 0 Å². The summed E-state index contributed by atoms with van der Waals surface area (Å²) in [6.45, 7) is 1.70. The lowest BCUT2D eigenvalue weighted by Crippen LogP contribution is -2.06. The number of oxime groups is 1. The van der Waals surface area contributed by atoms with Gasteiger partial charge in [-0.15, -0.1) is 0 Å². The molecule has 0 aliphatic rings. The van der Waals surface area contributed by atoms with Crippen LogP contribution in [-0.4, -0.2) is 28.6 Å². The third kappa shape index (κ3) is 2.49. The minimum absolute atomic E-state index is 0.386. The van der Waals surface area contributed by atoms with Crippen LogP contribution in [0.4, 0.5) is 0 Å². The first-order chi connectivity index (χ1) is 9.17. The van der Waals surface area contributed by atoms with E-state index in [1.165, 1.54) is 7.11 Å². The molecule has 0 radical (unpaired) electrons. The molecule has 19 heavy (non-hydrogen) atoms. The zero-order chi connectivity index (χ0) is 13.8. The SMILES string of the molecule is COC(=O)c1cccc(-n2cccc2/C(C)=N\O)c1. The molecule has 0 saturated heterocycles. The summed E-state index contributed by atoms with van der Waals surface area (Å²) >= 11 is 0. The fourth-order valence-electron chi connectivity index (χ4n) is 1.85. The topological polar surface area (TPSA) is 63.8 Å². The van der Waals surface area contributed by atoms with E-state index in [1.54, 1.807) is 25.1 Å². The van der Waals surface area contributed by atoms with Gasteiger partial charge in [0.15, 0.2) is 0 Å². The number of hydrogen-bond donors (Lipinski definition) is 1. The van der Waals surface area contributed by atoms with Gasteiger partial charge in [0.05, 0.1) is 18.4 Å². The highest BCUT2D eigenvalue weighted by Gasteiger charge is 2.10. The van der Waals surface area contributed by atoms with Gasteiger partial charge < -0.3 is 14.5 Å². The molecular formula is C14H14N2O3. The lowest BCUT2D eigenvalue weighted by Gasteiger charge is -2.09. The maximum atomic E-state index is 11.5. The second kappa shape index (κ2) is 5.39. The Kier molecular flexibility index (Phi) is 3.66. The van der Waals surface area contributed by atoms with Gasteiger partial charge in [0.1, 0.15) is 5.71 Å². The first kappa shape index (κ1) is 12.9. The van der Waals surface area contributed by atoms with Crippen LogP contribution >= 0.6 is 0 Å². The van der Waals surface area contributed by atoms with Crippen molar-refractivity contribution in [2.24, 2.45) is 5.16 Å². The zero-order valence-electron chi connectivity index (χ0n) is 10.7. The van der Waals surface area contributed by atoms with E-state index in [0.717, 1.165) is 11.4 Å². The Morgan fingerprint density at radius 2 is 2.11 bits per heavy atom. The van der Waals surface area contributed by atoms with Gasteiger partial charge in [-0.25, -0.2) is 4.79 Å². The molecule has 1 aromatic heterocycles. The standard InChI is InChI=1S/C14H14N2O3/c1-10(15-18)13-7-4-8-16(13)12-6-3-5-11(9-12)14(17)19-2/h3-9,18H,1-2H3/b15-10-. The zero-order valence-corrected chi connectivity index (χ0v) is 10.7. The average Bonchev–Trinajstić information content (AvgIpc) is 2.95. The Hall–Kier alpha value is -2.56. The van der Waals surface area contributed by atoms with E-state index in [9.17, 15) is 4.79 Å². The lowest BCUT2D eigenvalue weighted by atomic mass is 10.2. The molecule has 2 aromatic rings. The molecule has 5 heteroatoms. The Bertz CT molecular complexity index is 629. The third-order valence-electron chi connectivity index (χ3n) is 2.81. The molecular weight excluding hydrogens is 244 g/mol. The number of rotatable bonds is 3. The summed E-state index contributed by atoms with van der Waals surface area (Å²) in [7, 11) is 1.35. The molecule has 0 aliphatic heterocycles. The number of ether oxygens (including phenoxy) is 1. The number of hydrogen-bond acceptors (Lipinski definition) is 4. The van der Waals surface area contributed by atoms with E-state index in [1.807, 2.05) is 29.0 Å². The highest BCUT2D eigenvalue weighted by molar-refractivity contribution is 5.97. The number of carbonyl (C=O) groups excluding carboxylic acids is 1. The summed E-state index contributed by atoms with van der Waals surface area (Å²) in [6.07, 6.45) is 1.83. The van der Waals surface area contributed by atoms with Crippen molar-refractivity contribution in [3.05, 3.63) is 53.9 Å². The molecule has 1 aromatic carbocycles. The Labute approximate surface area is 110 Å². The predicted molar refractivity (Wildman–Crippen MR) is 71.1 cm³/mol. The normalized spacial score (nSPS) is 11.4. The van der Waals surface area contributed by atoms with Crippen molar-refractivity contribution in [3.8, 4) is 5.69 Å². The fourth-order valence-corrected chi connectivity index (χ4v) is 1.85. The van der Waals surface area contributed by atoms with Crippen LogP contribution in [0.1, 0.15) is 23.0 Å². The van der Waals surface area contributed by atoms with Gasteiger partial charge >= 0.3 is 5.97 Å². The van der Waals surface area contributed by atoms with Gasteiger partial charge in [-0.05, 0) is 37.3 Å². The number of carbonyl (C=O) groups is 1. The molecule has 0 unspecified atom stereocenters. The number of esters is 1. The Balaban J connectivity index is 2.48. The molecule has 98 valence electrons. The lowest BCUT2D eigenvalue weighted by molar-refractivity contribution is 0.0600. The summed E-state index contributed by atoms with van der Waals surface area (Å²) in [6, 6.07) is 10.7. The molecule has 0 amide bonds.